The molecule has 3 rings (SSSR count). The summed E-state index contributed by atoms with van der Waals surface area (Å²) in [7, 11) is 1.60. The summed E-state index contributed by atoms with van der Waals surface area (Å²) in [5.41, 5.74) is 1.94. The quantitative estimate of drug-likeness (QED) is 0.592. The number of carbonyl (C=O) groups excluding carboxylic acids is 1. The second-order valence-electron chi connectivity index (χ2n) is 7.77. The van der Waals surface area contributed by atoms with E-state index in [0.717, 1.165) is 10.8 Å². The summed E-state index contributed by atoms with van der Waals surface area (Å²) in [6, 6.07) is 17.7. The highest BCUT2D eigenvalue weighted by Gasteiger charge is 2.26. The number of anilines is 1. The van der Waals surface area contributed by atoms with Gasteiger partial charge in [0.2, 0.25) is 5.01 Å². The Morgan fingerprint density at radius 3 is 2.38 bits per heavy atom. The number of hydrogen-bond acceptors (Lipinski definition) is 6. The van der Waals surface area contributed by atoms with Crippen LogP contribution in [-0.2, 0) is 6.54 Å². The van der Waals surface area contributed by atoms with Gasteiger partial charge in [-0.1, -0.05) is 62.4 Å². The number of rotatable bonds is 7. The van der Waals surface area contributed by atoms with Crippen LogP contribution in [0.3, 0.4) is 0 Å². The van der Waals surface area contributed by atoms with Crippen LogP contribution in [0.25, 0.3) is 0 Å². The number of nitrogens with one attached hydrogen (secondary N) is 2. The third-order valence-electron chi connectivity index (χ3n) is 4.47. The second kappa shape index (κ2) is 9.15. The number of hydrogen-bond donors (Lipinski definition) is 2. The molecular formula is C22H26N4O2S. The lowest BCUT2D eigenvalue weighted by Crippen LogP contribution is -2.32. The molecule has 0 saturated carbocycles. The fraction of sp³-hybridized carbons (Fsp3) is 0.318. The van der Waals surface area contributed by atoms with Gasteiger partial charge in [0.05, 0.1) is 13.7 Å². The molecule has 7 heteroatoms. The lowest BCUT2D eigenvalue weighted by Gasteiger charge is -2.32. The predicted octanol–water partition coefficient (Wildman–Crippen LogP) is 4.68. The van der Waals surface area contributed by atoms with Crippen LogP contribution in [0.5, 0.6) is 5.75 Å². The van der Waals surface area contributed by atoms with Gasteiger partial charge in [-0.15, -0.1) is 10.2 Å². The highest BCUT2D eigenvalue weighted by atomic mass is 32.1. The predicted molar refractivity (Wildman–Crippen MR) is 116 cm³/mol. The maximum absolute atomic E-state index is 12.4. The average molecular weight is 411 g/mol. The van der Waals surface area contributed by atoms with Crippen molar-refractivity contribution in [1.29, 1.82) is 0 Å². The van der Waals surface area contributed by atoms with Crippen molar-refractivity contribution in [2.24, 2.45) is 5.41 Å². The molecule has 0 saturated heterocycles. The molecule has 1 atom stereocenters. The number of amides is 1. The zero-order valence-electron chi connectivity index (χ0n) is 17.1. The molecule has 0 radical (unpaired) electrons. The Kier molecular flexibility index (Phi) is 6.61. The van der Waals surface area contributed by atoms with Crippen LogP contribution in [0.2, 0.25) is 0 Å². The fourth-order valence-electron chi connectivity index (χ4n) is 3.03. The molecule has 0 aliphatic carbocycles. The van der Waals surface area contributed by atoms with E-state index in [1.165, 1.54) is 16.9 Å². The van der Waals surface area contributed by atoms with Gasteiger partial charge >= 0.3 is 0 Å². The standard InChI is InChI=1S/C22H26N4O2S/c1-22(2,3)19(15-8-6-5-7-9-15)23-14-18-25-26-21(29-18)20(27)24-16-10-12-17(28-4)13-11-16/h5-13,19,23H,14H2,1-4H3,(H,24,27). The lowest BCUT2D eigenvalue weighted by molar-refractivity contribution is 0.102. The fourth-order valence-corrected chi connectivity index (χ4v) is 3.72. The number of aromatic nitrogens is 2. The van der Waals surface area contributed by atoms with E-state index < -0.39 is 0 Å². The van der Waals surface area contributed by atoms with Gasteiger partial charge in [0, 0.05) is 11.7 Å². The van der Waals surface area contributed by atoms with Gasteiger partial charge in [-0.25, -0.2) is 0 Å². The summed E-state index contributed by atoms with van der Waals surface area (Å²) in [6.45, 7) is 7.15. The molecule has 1 heterocycles. The first kappa shape index (κ1) is 21.0. The van der Waals surface area contributed by atoms with Crippen LogP contribution in [-0.4, -0.2) is 23.2 Å². The molecule has 0 spiro atoms. The summed E-state index contributed by atoms with van der Waals surface area (Å²) in [5.74, 6) is 0.466. The molecule has 0 fully saturated rings. The number of methoxy groups -OCH3 is 1. The van der Waals surface area contributed by atoms with Gasteiger partial charge in [0.1, 0.15) is 10.8 Å². The Morgan fingerprint density at radius 1 is 1.07 bits per heavy atom. The highest BCUT2D eigenvalue weighted by molar-refractivity contribution is 7.13. The highest BCUT2D eigenvalue weighted by Crippen LogP contribution is 2.33. The van der Waals surface area contributed by atoms with Gasteiger partial charge in [0.25, 0.3) is 5.91 Å². The number of nitrogens with zero attached hydrogens (tertiary/aromatic N) is 2. The van der Waals surface area contributed by atoms with E-state index in [1.807, 2.05) is 18.2 Å². The zero-order valence-corrected chi connectivity index (χ0v) is 17.9. The van der Waals surface area contributed by atoms with E-state index in [-0.39, 0.29) is 17.4 Å². The molecule has 6 nitrogen and oxygen atoms in total. The van der Waals surface area contributed by atoms with E-state index in [0.29, 0.717) is 17.2 Å². The summed E-state index contributed by atoms with van der Waals surface area (Å²) in [5, 5.41) is 15.7. The van der Waals surface area contributed by atoms with E-state index >= 15 is 0 Å². The largest absolute Gasteiger partial charge is 0.497 e. The first-order chi connectivity index (χ1) is 13.9. The summed E-state index contributed by atoms with van der Waals surface area (Å²) < 4.78 is 5.12. The van der Waals surface area contributed by atoms with Crippen LogP contribution in [0, 0.1) is 5.41 Å². The Bertz CT molecular complexity index is 933. The summed E-state index contributed by atoms with van der Waals surface area (Å²) in [6.07, 6.45) is 0. The smallest absolute Gasteiger partial charge is 0.286 e. The molecule has 0 aliphatic rings. The van der Waals surface area contributed by atoms with Crippen LogP contribution >= 0.6 is 11.3 Å². The second-order valence-corrected chi connectivity index (χ2v) is 8.84. The van der Waals surface area contributed by atoms with Gasteiger partial charge in [-0.05, 0) is 35.2 Å². The summed E-state index contributed by atoms with van der Waals surface area (Å²) >= 11 is 1.29. The van der Waals surface area contributed by atoms with E-state index in [2.05, 4.69) is 53.7 Å². The normalized spacial score (nSPS) is 12.4. The monoisotopic (exact) mass is 410 g/mol. The lowest BCUT2D eigenvalue weighted by atomic mass is 9.82. The van der Waals surface area contributed by atoms with Crippen LogP contribution in [0.1, 0.15) is 47.2 Å². The van der Waals surface area contributed by atoms with Gasteiger partial charge < -0.3 is 15.4 Å². The van der Waals surface area contributed by atoms with Crippen molar-refractivity contribution in [2.75, 3.05) is 12.4 Å². The molecule has 1 unspecified atom stereocenters. The number of ether oxygens (including phenoxy) is 1. The Balaban J connectivity index is 1.63. The summed E-state index contributed by atoms with van der Waals surface area (Å²) in [4.78, 5) is 12.4. The van der Waals surface area contributed by atoms with Crippen molar-refractivity contribution >= 4 is 22.9 Å². The minimum absolute atomic E-state index is 0.0284. The third-order valence-corrected chi connectivity index (χ3v) is 5.39. The molecule has 3 aromatic rings. The van der Waals surface area contributed by atoms with Crippen LogP contribution in [0.15, 0.2) is 54.6 Å². The molecular weight excluding hydrogens is 384 g/mol. The van der Waals surface area contributed by atoms with E-state index in [1.54, 1.807) is 31.4 Å². The van der Waals surface area contributed by atoms with Crippen LogP contribution in [0.4, 0.5) is 5.69 Å². The SMILES string of the molecule is COc1ccc(NC(=O)c2nnc(CNC(c3ccccc3)C(C)(C)C)s2)cc1. The number of carbonyl (C=O) groups is 1. The molecule has 2 aromatic carbocycles. The maximum atomic E-state index is 12.4. The zero-order chi connectivity index (χ0) is 20.9. The van der Waals surface area contributed by atoms with Crippen molar-refractivity contribution < 1.29 is 9.53 Å². The van der Waals surface area contributed by atoms with E-state index in [9.17, 15) is 4.79 Å². The van der Waals surface area contributed by atoms with Crippen molar-refractivity contribution in [1.82, 2.24) is 15.5 Å². The van der Waals surface area contributed by atoms with E-state index in [4.69, 9.17) is 4.74 Å². The third kappa shape index (κ3) is 5.62. The minimum atomic E-state index is -0.269. The average Bonchev–Trinajstić information content (AvgIpc) is 3.18. The van der Waals surface area contributed by atoms with Gasteiger partial charge in [-0.3, -0.25) is 4.79 Å². The Labute approximate surface area is 175 Å². The van der Waals surface area contributed by atoms with Crippen molar-refractivity contribution in [3.8, 4) is 5.75 Å². The molecule has 29 heavy (non-hydrogen) atoms. The molecule has 152 valence electrons. The molecule has 2 N–H and O–H groups in total. The Morgan fingerprint density at radius 2 is 1.76 bits per heavy atom. The first-order valence-corrected chi connectivity index (χ1v) is 10.2. The Hall–Kier alpha value is -2.77. The van der Waals surface area contributed by atoms with Gasteiger partial charge in [0.15, 0.2) is 0 Å². The van der Waals surface area contributed by atoms with Crippen molar-refractivity contribution in [3.05, 3.63) is 70.2 Å². The molecule has 0 aliphatic heterocycles. The molecule has 1 aromatic heterocycles. The van der Waals surface area contributed by atoms with Crippen molar-refractivity contribution in [2.45, 2.75) is 33.4 Å². The maximum Gasteiger partial charge on any atom is 0.286 e. The number of benzene rings is 2. The van der Waals surface area contributed by atoms with Crippen LogP contribution < -0.4 is 15.4 Å². The minimum Gasteiger partial charge on any atom is -0.497 e. The molecule has 1 amide bonds. The van der Waals surface area contributed by atoms with Crippen molar-refractivity contribution in [3.63, 3.8) is 0 Å². The van der Waals surface area contributed by atoms with Gasteiger partial charge in [-0.2, -0.15) is 0 Å². The topological polar surface area (TPSA) is 76.1 Å². The first-order valence-electron chi connectivity index (χ1n) is 9.43. The molecule has 0 bridgehead atoms.